The molecule has 6 nitrogen and oxygen atoms in total. The molecular formula is C13H32O6Si. The lowest BCUT2D eigenvalue weighted by Crippen LogP contribution is -2.43. The van der Waals surface area contributed by atoms with E-state index < -0.39 is 14.7 Å². The van der Waals surface area contributed by atoms with Crippen molar-refractivity contribution in [3.63, 3.8) is 0 Å². The minimum Gasteiger partial charge on any atom is -0.412 e. The smallest absolute Gasteiger partial charge is 0.335 e. The van der Waals surface area contributed by atoms with Gasteiger partial charge in [-0.15, -0.1) is 0 Å². The van der Waals surface area contributed by atoms with Crippen LogP contribution >= 0.6 is 0 Å². The maximum atomic E-state index is 9.14. The first kappa shape index (κ1) is 22.3. The molecule has 4 N–H and O–H groups in total. The lowest BCUT2D eigenvalue weighted by atomic mass is 10.4. The van der Waals surface area contributed by atoms with Crippen LogP contribution in [0.15, 0.2) is 0 Å². The van der Waals surface area contributed by atoms with Crippen molar-refractivity contribution in [1.29, 1.82) is 0 Å². The van der Waals surface area contributed by atoms with E-state index >= 15 is 0 Å². The first-order chi connectivity index (χ1) is 8.79. The maximum Gasteiger partial charge on any atom is 0.335 e. The van der Waals surface area contributed by atoms with E-state index in [0.29, 0.717) is 6.61 Å². The molecule has 0 aromatic carbocycles. The highest BCUT2D eigenvalue weighted by atomic mass is 28.4. The van der Waals surface area contributed by atoms with Crippen molar-refractivity contribution in [1.82, 2.24) is 0 Å². The molecule has 0 fully saturated rings. The van der Waals surface area contributed by atoms with Gasteiger partial charge in [-0.25, -0.2) is 0 Å². The van der Waals surface area contributed by atoms with Crippen LogP contribution in [0, 0.1) is 0 Å². The molecule has 0 aliphatic rings. The standard InChI is InChI=1S/C13H30O5Si.H2O/c1-11(2)17-19(5,18-12(3)4)8-6-7-16-10-13(15)9-14;/h11-15H,6-10H2,1-5H3;1H2. The molecule has 0 aliphatic heterocycles. The Kier molecular flexibility index (Phi) is 12.9. The van der Waals surface area contributed by atoms with Crippen LogP contribution in [-0.2, 0) is 13.6 Å². The van der Waals surface area contributed by atoms with Crippen molar-refractivity contribution in [3.05, 3.63) is 0 Å². The Balaban J connectivity index is 0. The van der Waals surface area contributed by atoms with Crippen molar-refractivity contribution in [2.24, 2.45) is 0 Å². The fraction of sp³-hybridized carbons (Fsp3) is 1.00. The average molecular weight is 312 g/mol. The van der Waals surface area contributed by atoms with Gasteiger partial charge in [-0.3, -0.25) is 0 Å². The van der Waals surface area contributed by atoms with E-state index in [2.05, 4.69) is 6.55 Å². The van der Waals surface area contributed by atoms with Crippen LogP contribution in [0.1, 0.15) is 34.1 Å². The summed E-state index contributed by atoms with van der Waals surface area (Å²) in [5, 5.41) is 17.8. The predicted octanol–water partition coefficient (Wildman–Crippen LogP) is 0.844. The summed E-state index contributed by atoms with van der Waals surface area (Å²) in [4.78, 5) is 0. The van der Waals surface area contributed by atoms with Crippen LogP contribution in [0.3, 0.4) is 0 Å². The van der Waals surface area contributed by atoms with Crippen LogP contribution < -0.4 is 0 Å². The van der Waals surface area contributed by atoms with Crippen LogP contribution in [0.5, 0.6) is 0 Å². The van der Waals surface area contributed by atoms with Gasteiger partial charge >= 0.3 is 8.56 Å². The van der Waals surface area contributed by atoms with E-state index in [-0.39, 0.29) is 30.9 Å². The van der Waals surface area contributed by atoms with Gasteiger partial charge in [0.25, 0.3) is 0 Å². The normalized spacial score (nSPS) is 13.7. The van der Waals surface area contributed by atoms with Gasteiger partial charge in [0.1, 0.15) is 6.10 Å². The minimum absolute atomic E-state index is 0. The topological polar surface area (TPSA) is 99.7 Å². The van der Waals surface area contributed by atoms with E-state index in [1.165, 1.54) is 0 Å². The molecule has 0 heterocycles. The second-order valence-electron chi connectivity index (χ2n) is 5.48. The second-order valence-corrected chi connectivity index (χ2v) is 8.72. The first-order valence-corrected chi connectivity index (χ1v) is 9.53. The molecule has 20 heavy (non-hydrogen) atoms. The molecule has 0 radical (unpaired) electrons. The number of rotatable bonds is 11. The molecule has 0 rings (SSSR count). The molecule has 0 saturated carbocycles. The zero-order valence-electron chi connectivity index (χ0n) is 13.4. The molecule has 0 amide bonds. The second kappa shape index (κ2) is 11.6. The van der Waals surface area contributed by atoms with Gasteiger partial charge in [0.15, 0.2) is 0 Å². The Hall–Kier alpha value is -0.0231. The van der Waals surface area contributed by atoms with E-state index in [0.717, 1.165) is 12.5 Å². The van der Waals surface area contributed by atoms with Crippen molar-refractivity contribution >= 4 is 8.56 Å². The SMILES string of the molecule is CC(C)O[Si](C)(CCCOCC(O)CO)OC(C)C.O. The lowest BCUT2D eigenvalue weighted by Gasteiger charge is -2.31. The van der Waals surface area contributed by atoms with Gasteiger partial charge in [0.2, 0.25) is 0 Å². The Labute approximate surface area is 123 Å². The first-order valence-electron chi connectivity index (χ1n) is 7.01. The van der Waals surface area contributed by atoms with Gasteiger partial charge < -0.3 is 29.3 Å². The number of ether oxygens (including phenoxy) is 1. The molecule has 0 saturated heterocycles. The monoisotopic (exact) mass is 312 g/mol. The highest BCUT2D eigenvalue weighted by molar-refractivity contribution is 6.66. The van der Waals surface area contributed by atoms with Crippen molar-refractivity contribution in [3.8, 4) is 0 Å². The van der Waals surface area contributed by atoms with E-state index in [4.69, 9.17) is 23.8 Å². The third kappa shape index (κ3) is 11.8. The molecule has 0 aliphatic carbocycles. The quantitative estimate of drug-likeness (QED) is 0.435. The predicted molar refractivity (Wildman–Crippen MR) is 81.0 cm³/mol. The summed E-state index contributed by atoms with van der Waals surface area (Å²) >= 11 is 0. The fourth-order valence-electron chi connectivity index (χ4n) is 1.91. The van der Waals surface area contributed by atoms with Gasteiger partial charge in [0, 0.05) is 18.8 Å². The van der Waals surface area contributed by atoms with Gasteiger partial charge in [0.05, 0.1) is 13.2 Å². The molecular weight excluding hydrogens is 280 g/mol. The summed E-state index contributed by atoms with van der Waals surface area (Å²) in [6.45, 7) is 10.6. The Morgan fingerprint density at radius 2 is 1.55 bits per heavy atom. The largest absolute Gasteiger partial charge is 0.412 e. The van der Waals surface area contributed by atoms with E-state index in [1.807, 2.05) is 27.7 Å². The molecule has 1 atom stereocenters. The molecule has 0 aromatic heterocycles. The molecule has 0 aromatic rings. The third-order valence-electron chi connectivity index (χ3n) is 2.41. The molecule has 7 heteroatoms. The molecule has 1 unspecified atom stereocenters. The number of aliphatic hydroxyl groups excluding tert-OH is 2. The van der Waals surface area contributed by atoms with Crippen molar-refractivity contribution in [2.75, 3.05) is 19.8 Å². The van der Waals surface area contributed by atoms with Gasteiger partial charge in [-0.2, -0.15) is 0 Å². The van der Waals surface area contributed by atoms with Crippen molar-refractivity contribution < 1.29 is 29.3 Å². The fourth-order valence-corrected chi connectivity index (χ4v) is 4.98. The van der Waals surface area contributed by atoms with Crippen LogP contribution in [0.4, 0.5) is 0 Å². The summed E-state index contributed by atoms with van der Waals surface area (Å²) in [6, 6.07) is 0.860. The molecule has 0 bridgehead atoms. The lowest BCUT2D eigenvalue weighted by molar-refractivity contribution is 0.00569. The number of hydrogen-bond acceptors (Lipinski definition) is 5. The van der Waals surface area contributed by atoms with Crippen LogP contribution in [0.2, 0.25) is 12.6 Å². The Morgan fingerprint density at radius 1 is 1.05 bits per heavy atom. The Morgan fingerprint density at radius 3 is 1.95 bits per heavy atom. The summed E-state index contributed by atoms with van der Waals surface area (Å²) in [5.74, 6) is 0. The number of aliphatic hydroxyl groups is 2. The zero-order chi connectivity index (χ0) is 14.9. The Bertz CT molecular complexity index is 215. The van der Waals surface area contributed by atoms with E-state index in [1.54, 1.807) is 0 Å². The highest BCUT2D eigenvalue weighted by Crippen LogP contribution is 2.20. The summed E-state index contributed by atoms with van der Waals surface area (Å²) in [5.41, 5.74) is 0. The summed E-state index contributed by atoms with van der Waals surface area (Å²) in [6.07, 6.45) is 0.364. The van der Waals surface area contributed by atoms with Crippen LogP contribution in [-0.4, -0.2) is 62.4 Å². The summed E-state index contributed by atoms with van der Waals surface area (Å²) in [7, 11) is -2.15. The third-order valence-corrected chi connectivity index (χ3v) is 5.61. The van der Waals surface area contributed by atoms with Gasteiger partial charge in [-0.1, -0.05) is 0 Å². The zero-order valence-corrected chi connectivity index (χ0v) is 14.4. The van der Waals surface area contributed by atoms with E-state index in [9.17, 15) is 0 Å². The van der Waals surface area contributed by atoms with Crippen molar-refractivity contribution in [2.45, 2.75) is 65.0 Å². The van der Waals surface area contributed by atoms with Gasteiger partial charge in [-0.05, 0) is 46.7 Å². The molecule has 0 spiro atoms. The average Bonchev–Trinajstić information content (AvgIpc) is 2.25. The highest BCUT2D eigenvalue weighted by Gasteiger charge is 2.33. The maximum absolute atomic E-state index is 9.14. The number of hydrogen-bond donors (Lipinski definition) is 2. The minimum atomic E-state index is -2.15. The molecule has 124 valence electrons. The van der Waals surface area contributed by atoms with Crippen LogP contribution in [0.25, 0.3) is 0 Å². The summed E-state index contributed by atoms with van der Waals surface area (Å²) < 4.78 is 17.2.